The first kappa shape index (κ1) is 65.8. The number of carbonyl (C=O) groups is 8. The van der Waals surface area contributed by atoms with Crippen molar-refractivity contribution in [3.63, 3.8) is 0 Å². The summed E-state index contributed by atoms with van der Waals surface area (Å²) >= 11 is 20.8. The number of benzene rings is 6. The number of Topliss-reactive ketones (excluding diaryl/α,β-unsaturated/α-hetero) is 1. The Morgan fingerprint density at radius 1 is 0.553 bits per heavy atom. The standard InChI is InChI=1S/C15H12O2.C10H6O4.C9H7BrO2.C8H7BrO2.C8H6O3.C2H2Cl2O2.C2H3ClO2/c16-15(17)14(13-9-5-2-6-10-13)11-12-7-3-1-4-8-12;11-7-5-9(10(12)13)14-8-4-2-1-3-6(7)8;10-8-4-1-7(2-5-8)3-6-9(11)12;9-7-3-1-6(2-4-7)5-8(10)11;9-7(8(10)11)6-4-2-1-3-5-6;3-1(4)2(5)6;3-1-2(4)5/h1-11H,(H,16,17);1-5H,(H,12,13);1-6H,(H,11,12);1-4H,5H2,(H,10,11);1-5H,(H,10,11);1H,(H,5,6);1H2,(H,4,5). The second kappa shape index (κ2) is 36.7. The van der Waals surface area contributed by atoms with E-state index in [2.05, 4.69) is 31.9 Å². The Morgan fingerprint density at radius 2 is 1.00 bits per heavy atom. The van der Waals surface area contributed by atoms with Gasteiger partial charge in [-0.25, -0.2) is 24.0 Å². The third-order valence-corrected chi connectivity index (χ3v) is 10.0. The summed E-state index contributed by atoms with van der Waals surface area (Å²) in [7, 11) is 0. The second-order valence-electron chi connectivity index (χ2n) is 14.0. The number of carbonyl (C=O) groups excluding carboxylic acids is 1. The van der Waals surface area contributed by atoms with E-state index in [1.54, 1.807) is 78.9 Å². The average Bonchev–Trinajstić information content (AvgIpc) is 3.40. The summed E-state index contributed by atoms with van der Waals surface area (Å²) in [4.78, 5) is 91.8. The predicted molar refractivity (Wildman–Crippen MR) is 294 cm³/mol. The number of para-hydroxylation sites is 1. The van der Waals surface area contributed by atoms with Crippen molar-refractivity contribution in [1.82, 2.24) is 0 Å². The fourth-order valence-corrected chi connectivity index (χ4v) is 5.57. The first-order valence-electron chi connectivity index (χ1n) is 21.0. The third-order valence-electron chi connectivity index (χ3n) is 8.36. The zero-order valence-corrected chi connectivity index (χ0v) is 44.4. The molecule has 0 spiro atoms. The van der Waals surface area contributed by atoms with E-state index in [1.807, 2.05) is 84.9 Å². The molecule has 396 valence electrons. The van der Waals surface area contributed by atoms with Gasteiger partial charge in [-0.05, 0) is 70.8 Å². The van der Waals surface area contributed by atoms with Crippen molar-refractivity contribution in [3.8, 4) is 0 Å². The van der Waals surface area contributed by atoms with Crippen molar-refractivity contribution in [2.45, 2.75) is 11.3 Å². The SMILES string of the molecule is O=C(O)C(=Cc1ccccc1)c1ccccc1.O=C(O)C(=O)c1ccccc1.O=C(O)C(Cl)Cl.O=C(O)C=Cc1ccc(Br)cc1.O=C(O)CCl.O=C(O)Cc1ccc(Br)cc1.O=C(O)c1cc(=O)c2ccccc2o1. The number of rotatable bonds is 12. The predicted octanol–water partition coefficient (Wildman–Crippen LogP) is 11.6. The normalized spacial score (nSPS) is 9.95. The number of aromatic carboxylic acids is 1. The van der Waals surface area contributed by atoms with Crippen LogP contribution in [0.2, 0.25) is 0 Å². The third kappa shape index (κ3) is 28.9. The molecule has 17 nitrogen and oxygen atoms in total. The first-order chi connectivity index (χ1) is 35.9. The van der Waals surface area contributed by atoms with Crippen LogP contribution in [0.5, 0.6) is 0 Å². The van der Waals surface area contributed by atoms with E-state index in [9.17, 15) is 48.3 Å². The number of aliphatic carboxylic acids is 6. The van der Waals surface area contributed by atoms with Crippen LogP contribution in [0.4, 0.5) is 0 Å². The minimum Gasteiger partial charge on any atom is -0.481 e. The van der Waals surface area contributed by atoms with Crippen LogP contribution in [0.15, 0.2) is 194 Å². The Labute approximate surface area is 464 Å². The van der Waals surface area contributed by atoms with Crippen molar-refractivity contribution in [2.75, 3.05) is 5.88 Å². The Kier molecular flexibility index (Phi) is 31.8. The highest BCUT2D eigenvalue weighted by molar-refractivity contribution is 9.10. The molecule has 0 aliphatic rings. The lowest BCUT2D eigenvalue weighted by Crippen LogP contribution is -2.12. The largest absolute Gasteiger partial charge is 0.481 e. The van der Waals surface area contributed by atoms with Gasteiger partial charge in [0.15, 0.2) is 5.43 Å². The summed E-state index contributed by atoms with van der Waals surface area (Å²) in [6.07, 6.45) is 4.43. The Morgan fingerprint density at radius 3 is 1.42 bits per heavy atom. The van der Waals surface area contributed by atoms with Crippen LogP contribution >= 0.6 is 66.7 Å². The van der Waals surface area contributed by atoms with Crippen molar-refractivity contribution >= 4 is 143 Å². The molecule has 0 saturated heterocycles. The van der Waals surface area contributed by atoms with Crippen LogP contribution in [0.3, 0.4) is 0 Å². The van der Waals surface area contributed by atoms with Gasteiger partial charge in [0.05, 0.1) is 17.4 Å². The summed E-state index contributed by atoms with van der Waals surface area (Å²) in [5.41, 5.74) is 3.75. The van der Waals surface area contributed by atoms with Crippen LogP contribution < -0.4 is 5.43 Å². The fraction of sp³-hybridized carbons (Fsp3) is 0.0556. The van der Waals surface area contributed by atoms with Gasteiger partial charge in [-0.15, -0.1) is 11.6 Å². The molecule has 0 saturated carbocycles. The maximum absolute atomic E-state index is 11.4. The lowest BCUT2D eigenvalue weighted by molar-refractivity contribution is -0.136. The van der Waals surface area contributed by atoms with Gasteiger partial charge in [0.1, 0.15) is 11.5 Å². The van der Waals surface area contributed by atoms with Gasteiger partial charge < -0.3 is 40.2 Å². The number of fused-ring (bicyclic) bond motifs is 1. The number of hydrogen-bond acceptors (Lipinski definition) is 10. The summed E-state index contributed by atoms with van der Waals surface area (Å²) in [6, 6.07) is 48.6. The van der Waals surface area contributed by atoms with Gasteiger partial charge in [0, 0.05) is 26.7 Å². The quantitative estimate of drug-likeness (QED) is 0.0197. The van der Waals surface area contributed by atoms with E-state index >= 15 is 0 Å². The monoisotopic (exact) mass is 1230 g/mol. The maximum Gasteiger partial charge on any atom is 0.377 e. The Hall–Kier alpha value is -8.20. The van der Waals surface area contributed by atoms with Crippen molar-refractivity contribution in [2.24, 2.45) is 0 Å². The average molecular weight is 1230 g/mol. The lowest BCUT2D eigenvalue weighted by Gasteiger charge is -2.02. The molecule has 7 aromatic rings. The summed E-state index contributed by atoms with van der Waals surface area (Å²) in [6.45, 7) is 0. The zero-order valence-electron chi connectivity index (χ0n) is 39.0. The van der Waals surface area contributed by atoms with Gasteiger partial charge >= 0.3 is 41.8 Å². The molecule has 1 heterocycles. The topological polar surface area (TPSA) is 308 Å². The summed E-state index contributed by atoms with van der Waals surface area (Å²) < 4.78 is 6.95. The molecule has 0 bridgehead atoms. The minimum absolute atomic E-state index is 0.0906. The van der Waals surface area contributed by atoms with Gasteiger partial charge in [-0.1, -0.05) is 182 Å². The summed E-state index contributed by atoms with van der Waals surface area (Å²) in [5, 5.41) is 58.6. The van der Waals surface area contributed by atoms with Gasteiger partial charge in [0.25, 0.3) is 5.78 Å². The van der Waals surface area contributed by atoms with Crippen LogP contribution in [0, 0.1) is 0 Å². The first-order valence-corrected chi connectivity index (χ1v) is 24.0. The van der Waals surface area contributed by atoms with E-state index in [4.69, 9.17) is 69.9 Å². The van der Waals surface area contributed by atoms with E-state index < -0.39 is 52.4 Å². The molecule has 0 amide bonds. The molecule has 0 aliphatic carbocycles. The molecule has 0 unspecified atom stereocenters. The number of carboxylic acid groups (broad SMARTS) is 7. The van der Waals surface area contributed by atoms with Gasteiger partial charge in [-0.2, -0.15) is 0 Å². The molecular weight excluding hydrogens is 1190 g/mol. The Bertz CT molecular complexity index is 3110. The molecule has 7 N–H and O–H groups in total. The summed E-state index contributed by atoms with van der Waals surface area (Å²) in [5.74, 6) is -9.02. The highest BCUT2D eigenvalue weighted by Gasteiger charge is 2.13. The van der Waals surface area contributed by atoms with Crippen LogP contribution in [-0.4, -0.2) is 94.0 Å². The second-order valence-corrected chi connectivity index (χ2v) is 17.2. The van der Waals surface area contributed by atoms with Gasteiger partial charge in [0.2, 0.25) is 10.6 Å². The molecule has 22 heteroatoms. The smallest absolute Gasteiger partial charge is 0.377 e. The van der Waals surface area contributed by atoms with Gasteiger partial charge in [-0.3, -0.25) is 19.2 Å². The number of halogens is 5. The number of ketones is 1. The number of hydrogen-bond donors (Lipinski definition) is 7. The molecule has 6 aromatic carbocycles. The maximum atomic E-state index is 11.4. The van der Waals surface area contributed by atoms with Crippen molar-refractivity contribution in [3.05, 3.63) is 229 Å². The minimum atomic E-state index is -1.42. The number of carboxylic acids is 7. The molecule has 0 atom stereocenters. The van der Waals surface area contributed by atoms with Crippen LogP contribution in [0.1, 0.15) is 43.2 Å². The van der Waals surface area contributed by atoms with E-state index in [-0.39, 0.29) is 34.6 Å². The Balaban J connectivity index is 0.000000456. The molecular formula is C54H43Br2Cl3O17. The molecule has 76 heavy (non-hydrogen) atoms. The van der Waals surface area contributed by atoms with Crippen LogP contribution in [-0.2, 0) is 35.2 Å². The number of alkyl halides is 3. The van der Waals surface area contributed by atoms with E-state index in [0.29, 0.717) is 16.5 Å². The highest BCUT2D eigenvalue weighted by Crippen LogP contribution is 2.18. The fourth-order valence-electron chi connectivity index (χ4n) is 5.04. The molecule has 1 aromatic heterocycles. The van der Waals surface area contributed by atoms with Crippen molar-refractivity contribution < 1.29 is 78.5 Å². The lowest BCUT2D eigenvalue weighted by atomic mass is 10.0. The van der Waals surface area contributed by atoms with E-state index in [0.717, 1.165) is 37.8 Å². The van der Waals surface area contributed by atoms with Crippen LogP contribution in [0.25, 0.3) is 28.7 Å². The zero-order chi connectivity index (χ0) is 57.2. The molecule has 0 fully saturated rings. The molecule has 0 radical (unpaired) electrons. The highest BCUT2D eigenvalue weighted by atomic mass is 79.9. The molecule has 0 aliphatic heterocycles. The van der Waals surface area contributed by atoms with E-state index in [1.165, 1.54) is 12.1 Å². The van der Waals surface area contributed by atoms with Crippen molar-refractivity contribution in [1.29, 1.82) is 0 Å². The molecule has 7 rings (SSSR count).